The van der Waals surface area contributed by atoms with Crippen LogP contribution in [0.15, 0.2) is 12.1 Å². The maximum absolute atomic E-state index is 3.74. The van der Waals surface area contributed by atoms with Gasteiger partial charge in [0.05, 0.1) is 4.83 Å². The third kappa shape index (κ3) is 1.67. The minimum atomic E-state index is 0.640. The van der Waals surface area contributed by atoms with Crippen LogP contribution in [0, 0.1) is 12.8 Å². The van der Waals surface area contributed by atoms with E-state index in [0.29, 0.717) is 4.83 Å². The second kappa shape index (κ2) is 2.91. The molecule has 0 amide bonds. The quantitative estimate of drug-likeness (QED) is 0.677. The number of rotatable bonds is 2. The van der Waals surface area contributed by atoms with E-state index in [1.165, 1.54) is 22.6 Å². The molecule has 0 N–H and O–H groups in total. The monoisotopic (exact) mass is 230 g/mol. The van der Waals surface area contributed by atoms with Gasteiger partial charge in [-0.15, -0.1) is 11.3 Å². The number of hydrogen-bond acceptors (Lipinski definition) is 1. The predicted octanol–water partition coefficient (Wildman–Crippen LogP) is 3.90. The Bertz CT molecular complexity index is 250. The lowest BCUT2D eigenvalue weighted by Gasteiger charge is -2.02. The van der Waals surface area contributed by atoms with Crippen molar-refractivity contribution in [2.75, 3.05) is 0 Å². The van der Waals surface area contributed by atoms with E-state index in [-0.39, 0.29) is 0 Å². The van der Waals surface area contributed by atoms with Crippen LogP contribution in [0.4, 0.5) is 0 Å². The Hall–Kier alpha value is 0.180. The first kappa shape index (κ1) is 7.81. The average molecular weight is 231 g/mol. The van der Waals surface area contributed by atoms with Gasteiger partial charge in [0.1, 0.15) is 0 Å². The molecule has 1 aliphatic rings. The van der Waals surface area contributed by atoms with Gasteiger partial charge in [-0.25, -0.2) is 0 Å². The van der Waals surface area contributed by atoms with Gasteiger partial charge in [-0.1, -0.05) is 15.9 Å². The van der Waals surface area contributed by atoms with Crippen molar-refractivity contribution < 1.29 is 0 Å². The van der Waals surface area contributed by atoms with Crippen molar-refractivity contribution in [1.82, 2.24) is 0 Å². The van der Waals surface area contributed by atoms with E-state index in [9.17, 15) is 0 Å². The molecule has 1 aromatic heterocycles. The Labute approximate surface area is 79.8 Å². The molecule has 2 rings (SSSR count). The molecule has 1 unspecified atom stereocenters. The van der Waals surface area contributed by atoms with Crippen LogP contribution in [0.25, 0.3) is 0 Å². The predicted molar refractivity (Wildman–Crippen MR) is 53.4 cm³/mol. The lowest BCUT2D eigenvalue weighted by molar-refractivity contribution is 0.837. The first-order valence-electron chi connectivity index (χ1n) is 3.98. The van der Waals surface area contributed by atoms with E-state index in [0.717, 1.165) is 5.92 Å². The van der Waals surface area contributed by atoms with E-state index in [1.807, 2.05) is 11.3 Å². The van der Waals surface area contributed by atoms with Gasteiger partial charge < -0.3 is 0 Å². The van der Waals surface area contributed by atoms with Crippen LogP contribution >= 0.6 is 27.3 Å². The molecule has 2 heteroatoms. The van der Waals surface area contributed by atoms with Gasteiger partial charge in [0, 0.05) is 9.75 Å². The highest BCUT2D eigenvalue weighted by Crippen LogP contribution is 2.47. The summed E-state index contributed by atoms with van der Waals surface area (Å²) in [6.07, 6.45) is 2.82. The largest absolute Gasteiger partial charge is 0.145 e. The second-order valence-corrected chi connectivity index (χ2v) is 5.49. The highest BCUT2D eigenvalue weighted by molar-refractivity contribution is 9.09. The van der Waals surface area contributed by atoms with Crippen LogP contribution in [0.1, 0.15) is 27.4 Å². The zero-order chi connectivity index (χ0) is 7.84. The van der Waals surface area contributed by atoms with Crippen molar-refractivity contribution in [3.05, 3.63) is 21.9 Å². The van der Waals surface area contributed by atoms with Crippen LogP contribution in [-0.2, 0) is 0 Å². The molecule has 0 bridgehead atoms. The van der Waals surface area contributed by atoms with Gasteiger partial charge in [0.15, 0.2) is 0 Å². The third-order valence-electron chi connectivity index (χ3n) is 2.07. The van der Waals surface area contributed by atoms with Gasteiger partial charge in [-0.3, -0.25) is 0 Å². The topological polar surface area (TPSA) is 0 Å². The van der Waals surface area contributed by atoms with E-state index in [1.54, 1.807) is 0 Å². The molecular weight excluding hydrogens is 220 g/mol. The third-order valence-corrected chi connectivity index (χ3v) is 4.70. The lowest BCUT2D eigenvalue weighted by Crippen LogP contribution is -1.85. The number of thiophene rings is 1. The molecule has 60 valence electrons. The van der Waals surface area contributed by atoms with Crippen molar-refractivity contribution >= 4 is 27.3 Å². The van der Waals surface area contributed by atoms with Crippen LogP contribution in [0.5, 0.6) is 0 Å². The fraction of sp³-hybridized carbons (Fsp3) is 0.556. The van der Waals surface area contributed by atoms with Crippen molar-refractivity contribution in [1.29, 1.82) is 0 Å². The van der Waals surface area contributed by atoms with Crippen LogP contribution in [-0.4, -0.2) is 0 Å². The minimum absolute atomic E-state index is 0.640. The molecule has 0 saturated heterocycles. The summed E-state index contributed by atoms with van der Waals surface area (Å²) in [6.45, 7) is 2.17. The summed E-state index contributed by atoms with van der Waals surface area (Å²) in [7, 11) is 0. The van der Waals surface area contributed by atoms with Crippen molar-refractivity contribution in [2.24, 2.45) is 5.92 Å². The van der Waals surface area contributed by atoms with Crippen molar-refractivity contribution in [2.45, 2.75) is 24.6 Å². The van der Waals surface area contributed by atoms with Crippen molar-refractivity contribution in [3.8, 4) is 0 Å². The highest BCUT2D eigenvalue weighted by Gasteiger charge is 2.30. The van der Waals surface area contributed by atoms with E-state index in [2.05, 4.69) is 35.0 Å². The molecule has 11 heavy (non-hydrogen) atoms. The van der Waals surface area contributed by atoms with E-state index in [4.69, 9.17) is 0 Å². The van der Waals surface area contributed by atoms with Gasteiger partial charge in [0.25, 0.3) is 0 Å². The molecule has 0 radical (unpaired) electrons. The van der Waals surface area contributed by atoms with Crippen LogP contribution < -0.4 is 0 Å². The summed E-state index contributed by atoms with van der Waals surface area (Å²) >= 11 is 5.65. The lowest BCUT2D eigenvalue weighted by atomic mass is 10.2. The molecule has 0 aliphatic heterocycles. The summed E-state index contributed by atoms with van der Waals surface area (Å²) in [5, 5.41) is 0. The zero-order valence-corrected chi connectivity index (χ0v) is 8.91. The second-order valence-electron chi connectivity index (χ2n) is 3.19. The first-order valence-corrected chi connectivity index (χ1v) is 5.71. The van der Waals surface area contributed by atoms with Gasteiger partial charge >= 0.3 is 0 Å². The molecule has 1 aliphatic carbocycles. The molecule has 0 spiro atoms. The van der Waals surface area contributed by atoms with Gasteiger partial charge in [0.2, 0.25) is 0 Å². The van der Waals surface area contributed by atoms with Crippen LogP contribution in [0.2, 0.25) is 0 Å². The summed E-state index contributed by atoms with van der Waals surface area (Å²) in [4.78, 5) is 3.57. The summed E-state index contributed by atoms with van der Waals surface area (Å²) in [5.41, 5.74) is 0. The van der Waals surface area contributed by atoms with Crippen LogP contribution in [0.3, 0.4) is 0 Å². The molecular formula is C9H11BrS. The molecule has 1 heterocycles. The minimum Gasteiger partial charge on any atom is -0.145 e. The normalized spacial score (nSPS) is 20.2. The summed E-state index contributed by atoms with van der Waals surface area (Å²) in [6, 6.07) is 4.45. The summed E-state index contributed by atoms with van der Waals surface area (Å²) in [5.74, 6) is 0.924. The van der Waals surface area contributed by atoms with Crippen molar-refractivity contribution in [3.63, 3.8) is 0 Å². The Morgan fingerprint density at radius 1 is 1.55 bits per heavy atom. The fourth-order valence-electron chi connectivity index (χ4n) is 1.22. The maximum atomic E-state index is 3.74. The number of alkyl halides is 1. The average Bonchev–Trinajstić information content (AvgIpc) is 2.74. The van der Waals surface area contributed by atoms with Gasteiger partial charge in [-0.2, -0.15) is 0 Å². The molecule has 1 fully saturated rings. The maximum Gasteiger partial charge on any atom is 0.0517 e. The Morgan fingerprint density at radius 2 is 2.27 bits per heavy atom. The number of halogens is 1. The molecule has 0 nitrogen and oxygen atoms in total. The SMILES string of the molecule is Cc1ccc(C(Br)C2CC2)s1. The number of hydrogen-bond donors (Lipinski definition) is 0. The molecule has 0 aromatic carbocycles. The number of aryl methyl sites for hydroxylation is 1. The van der Waals surface area contributed by atoms with E-state index >= 15 is 0 Å². The Kier molecular flexibility index (Phi) is 2.06. The first-order chi connectivity index (χ1) is 5.27. The molecule has 1 atom stereocenters. The standard InChI is InChI=1S/C9H11BrS/c1-6-2-5-8(11-6)9(10)7-3-4-7/h2,5,7,9H,3-4H2,1H3. The Balaban J connectivity index is 2.14. The fourth-order valence-corrected chi connectivity index (χ4v) is 3.13. The molecule has 1 aromatic rings. The molecule has 1 saturated carbocycles. The highest BCUT2D eigenvalue weighted by atomic mass is 79.9. The Morgan fingerprint density at radius 3 is 2.73 bits per heavy atom. The van der Waals surface area contributed by atoms with Gasteiger partial charge in [-0.05, 0) is 37.8 Å². The van der Waals surface area contributed by atoms with E-state index < -0.39 is 0 Å². The smallest absolute Gasteiger partial charge is 0.0517 e. The zero-order valence-electron chi connectivity index (χ0n) is 6.51. The summed E-state index contributed by atoms with van der Waals surface area (Å²) < 4.78 is 0.